The molecule has 0 bridgehead atoms. The van der Waals surface area contributed by atoms with Crippen LogP contribution in [0.15, 0.2) is 0 Å². The Morgan fingerprint density at radius 2 is 1.44 bits per heavy atom. The molecule has 0 fully saturated rings. The van der Waals surface area contributed by atoms with Crippen LogP contribution < -0.4 is 0 Å². The topological polar surface area (TPSA) is 98.3 Å². The second-order valence-electron chi connectivity index (χ2n) is 3.45. The summed E-state index contributed by atoms with van der Waals surface area (Å²) >= 11 is 0. The summed E-state index contributed by atoms with van der Waals surface area (Å²) in [7, 11) is -4.23. The summed E-state index contributed by atoms with van der Waals surface area (Å²) < 4.78 is 14.6. The number of rotatable bonds is 9. The maximum atomic E-state index is 10.3. The van der Waals surface area contributed by atoms with Crippen molar-refractivity contribution in [3.8, 4) is 0 Å². The molecule has 0 aromatic carbocycles. The molecular formula is C9H25CaO5P. The van der Waals surface area contributed by atoms with Crippen molar-refractivity contribution in [3.05, 3.63) is 0 Å². The monoisotopic (exact) mass is 284 g/mol. The predicted octanol–water partition coefficient (Wildman–Crippen LogP) is 1.11. The molecule has 0 aromatic rings. The van der Waals surface area contributed by atoms with Gasteiger partial charge in [-0.25, -0.2) is 4.57 Å². The summed E-state index contributed by atoms with van der Waals surface area (Å²) in [5.74, 6) is 0. The minimum absolute atomic E-state index is 0. The molecule has 7 heteroatoms. The van der Waals surface area contributed by atoms with E-state index >= 15 is 0 Å². The summed E-state index contributed by atoms with van der Waals surface area (Å²) in [6.45, 7) is 2.34. The van der Waals surface area contributed by atoms with Crippen molar-refractivity contribution >= 4 is 45.6 Å². The van der Waals surface area contributed by atoms with Crippen molar-refractivity contribution in [2.45, 2.75) is 51.9 Å². The van der Waals surface area contributed by atoms with Gasteiger partial charge in [0.1, 0.15) is 0 Å². The van der Waals surface area contributed by atoms with Crippen LogP contribution in [0.25, 0.3) is 0 Å². The average Bonchev–Trinajstić information content (AvgIpc) is 2.08. The van der Waals surface area contributed by atoms with Crippen LogP contribution >= 0.6 is 7.82 Å². The van der Waals surface area contributed by atoms with Crippen molar-refractivity contribution < 1.29 is 24.4 Å². The first-order chi connectivity index (χ1) is 6.56. The van der Waals surface area contributed by atoms with Gasteiger partial charge >= 0.3 is 45.6 Å². The Kier molecular flexibility index (Phi) is 20.2. The van der Waals surface area contributed by atoms with Gasteiger partial charge in [0.15, 0.2) is 0 Å². The molecular weight excluding hydrogens is 259 g/mol. The number of hydrogen-bond acceptors (Lipinski definition) is 2. The SMILES string of the molecule is CCCCCCCCCOP(=O)(O)O.O.[CaH2]. The zero-order chi connectivity index (χ0) is 10.9. The Morgan fingerprint density at radius 1 is 1.00 bits per heavy atom. The Labute approximate surface area is 128 Å². The van der Waals surface area contributed by atoms with Gasteiger partial charge in [-0.05, 0) is 6.42 Å². The van der Waals surface area contributed by atoms with E-state index in [4.69, 9.17) is 9.79 Å². The van der Waals surface area contributed by atoms with Crippen molar-refractivity contribution in [3.63, 3.8) is 0 Å². The van der Waals surface area contributed by atoms with Gasteiger partial charge < -0.3 is 15.3 Å². The number of unbranched alkanes of at least 4 members (excludes halogenated alkanes) is 6. The summed E-state index contributed by atoms with van der Waals surface area (Å²) in [5.41, 5.74) is 0. The third kappa shape index (κ3) is 20.7. The summed E-state index contributed by atoms with van der Waals surface area (Å²) in [6.07, 6.45) is 7.84. The van der Waals surface area contributed by atoms with Crippen LogP contribution in [0.3, 0.4) is 0 Å². The first-order valence-electron chi connectivity index (χ1n) is 5.26. The van der Waals surface area contributed by atoms with Gasteiger partial charge in [0.05, 0.1) is 6.61 Å². The summed E-state index contributed by atoms with van der Waals surface area (Å²) in [5, 5.41) is 0. The average molecular weight is 284 g/mol. The molecule has 0 heterocycles. The van der Waals surface area contributed by atoms with E-state index in [2.05, 4.69) is 11.4 Å². The van der Waals surface area contributed by atoms with E-state index in [0.29, 0.717) is 0 Å². The molecule has 4 N–H and O–H groups in total. The molecule has 16 heavy (non-hydrogen) atoms. The first kappa shape index (κ1) is 22.5. The molecule has 0 saturated carbocycles. The number of hydrogen-bond donors (Lipinski definition) is 2. The normalized spacial score (nSPS) is 10.4. The standard InChI is InChI=1S/C9H21O4P.Ca.H2O.2H/c1-2-3-4-5-6-7-8-9-13-14(10,11)12;;;;/h2-9H2,1H3,(H2,10,11,12);;1H2;;. The van der Waals surface area contributed by atoms with Gasteiger partial charge in [-0.1, -0.05) is 45.4 Å². The number of phosphoric ester groups is 1. The van der Waals surface area contributed by atoms with Gasteiger partial charge in [0.25, 0.3) is 0 Å². The van der Waals surface area contributed by atoms with Crippen LogP contribution in [0.4, 0.5) is 0 Å². The van der Waals surface area contributed by atoms with Crippen LogP contribution in [0.1, 0.15) is 51.9 Å². The molecule has 0 spiro atoms. The van der Waals surface area contributed by atoms with Crippen molar-refractivity contribution in [2.24, 2.45) is 0 Å². The first-order valence-corrected chi connectivity index (χ1v) is 6.79. The Morgan fingerprint density at radius 3 is 1.88 bits per heavy atom. The molecule has 98 valence electrons. The van der Waals surface area contributed by atoms with E-state index < -0.39 is 7.82 Å². The van der Waals surface area contributed by atoms with E-state index in [1.54, 1.807) is 0 Å². The molecule has 0 atom stereocenters. The van der Waals surface area contributed by atoms with Gasteiger partial charge in [-0.3, -0.25) is 4.52 Å². The molecule has 0 radical (unpaired) electrons. The number of phosphoric acid groups is 1. The fraction of sp³-hybridized carbons (Fsp3) is 1.00. The maximum absolute atomic E-state index is 10.3. The van der Waals surface area contributed by atoms with E-state index in [1.807, 2.05) is 0 Å². The van der Waals surface area contributed by atoms with Crippen molar-refractivity contribution in [1.29, 1.82) is 0 Å². The van der Waals surface area contributed by atoms with Crippen molar-refractivity contribution in [1.82, 2.24) is 0 Å². The second-order valence-corrected chi connectivity index (χ2v) is 4.68. The van der Waals surface area contributed by atoms with Gasteiger partial charge in [0.2, 0.25) is 0 Å². The van der Waals surface area contributed by atoms with Crippen LogP contribution in [0, 0.1) is 0 Å². The zero-order valence-electron chi connectivity index (χ0n) is 9.31. The van der Waals surface area contributed by atoms with Crippen LogP contribution in [0.2, 0.25) is 0 Å². The van der Waals surface area contributed by atoms with E-state index in [-0.39, 0.29) is 49.8 Å². The third-order valence-corrected chi connectivity index (χ3v) is 2.53. The Balaban J connectivity index is -0.000000845. The Bertz CT molecular complexity index is 173. The minimum atomic E-state index is -4.23. The molecule has 0 unspecified atom stereocenters. The summed E-state index contributed by atoms with van der Waals surface area (Å²) in [4.78, 5) is 16.8. The van der Waals surface area contributed by atoms with Gasteiger partial charge in [0, 0.05) is 0 Å². The fourth-order valence-electron chi connectivity index (χ4n) is 1.24. The molecule has 0 saturated heterocycles. The Hall–Kier alpha value is 1.33. The zero-order valence-corrected chi connectivity index (χ0v) is 10.2. The van der Waals surface area contributed by atoms with E-state index in [0.717, 1.165) is 19.3 Å². The van der Waals surface area contributed by atoms with Crippen LogP contribution in [0.5, 0.6) is 0 Å². The molecule has 5 nitrogen and oxygen atoms in total. The van der Waals surface area contributed by atoms with Crippen LogP contribution in [-0.4, -0.2) is 59.6 Å². The molecule has 0 rings (SSSR count). The predicted molar refractivity (Wildman–Crippen MR) is 68.1 cm³/mol. The fourth-order valence-corrected chi connectivity index (χ4v) is 1.61. The molecule has 0 aliphatic rings. The van der Waals surface area contributed by atoms with Gasteiger partial charge in [-0.15, -0.1) is 0 Å². The van der Waals surface area contributed by atoms with E-state index in [9.17, 15) is 4.57 Å². The summed E-state index contributed by atoms with van der Waals surface area (Å²) in [6, 6.07) is 0. The molecule has 0 aromatic heterocycles. The van der Waals surface area contributed by atoms with Crippen LogP contribution in [-0.2, 0) is 9.09 Å². The van der Waals surface area contributed by atoms with Crippen molar-refractivity contribution in [2.75, 3.05) is 6.61 Å². The second kappa shape index (κ2) is 14.4. The molecule has 0 amide bonds. The van der Waals surface area contributed by atoms with E-state index in [1.165, 1.54) is 25.7 Å². The quantitative estimate of drug-likeness (QED) is 0.376. The van der Waals surface area contributed by atoms with Gasteiger partial charge in [-0.2, -0.15) is 0 Å². The third-order valence-electron chi connectivity index (χ3n) is 2.01. The molecule has 0 aliphatic carbocycles. The molecule has 0 aliphatic heterocycles.